The van der Waals surface area contributed by atoms with Crippen LogP contribution in [0.5, 0.6) is 0 Å². The predicted molar refractivity (Wildman–Crippen MR) is 52.1 cm³/mol. The number of hydrogen-bond donors (Lipinski definition) is 0. The van der Waals surface area contributed by atoms with Crippen molar-refractivity contribution in [1.29, 1.82) is 0 Å². The van der Waals surface area contributed by atoms with Crippen molar-refractivity contribution in [1.82, 2.24) is 4.98 Å². The molecule has 0 saturated carbocycles. The third-order valence-corrected chi connectivity index (χ3v) is 1.99. The van der Waals surface area contributed by atoms with E-state index in [9.17, 15) is 4.79 Å². The molecule has 1 aromatic carbocycles. The van der Waals surface area contributed by atoms with E-state index in [-0.39, 0.29) is 0 Å². The number of hydrogen-bond acceptors (Lipinski definition) is 3. The van der Waals surface area contributed by atoms with Crippen LogP contribution in [-0.2, 0) is 0 Å². The molecule has 3 heteroatoms. The lowest BCUT2D eigenvalue weighted by atomic mass is 10.1. The van der Waals surface area contributed by atoms with E-state index in [1.807, 2.05) is 31.2 Å². The van der Waals surface area contributed by atoms with Crippen LogP contribution >= 0.6 is 0 Å². The highest BCUT2D eigenvalue weighted by Crippen LogP contribution is 2.22. The highest BCUT2D eigenvalue weighted by atomic mass is 16.3. The predicted octanol–water partition coefficient (Wildman–Crippen LogP) is 2.46. The number of benzene rings is 1. The summed E-state index contributed by atoms with van der Waals surface area (Å²) < 4.78 is 5.15. The highest BCUT2D eigenvalue weighted by molar-refractivity contribution is 5.82. The summed E-state index contributed by atoms with van der Waals surface area (Å²) in [5.41, 5.74) is 2.34. The molecule has 0 fully saturated rings. The Balaban J connectivity index is 2.54. The summed E-state index contributed by atoms with van der Waals surface area (Å²) in [6.07, 6.45) is 1.97. The Hall–Kier alpha value is -1.90. The average Bonchev–Trinajstić information content (AvgIpc) is 2.65. The number of aromatic nitrogens is 1. The lowest BCUT2D eigenvalue weighted by Crippen LogP contribution is -1.84. The zero-order valence-electron chi connectivity index (χ0n) is 7.73. The molecule has 0 radical (unpaired) electrons. The van der Waals surface area contributed by atoms with Gasteiger partial charge in [-0.3, -0.25) is 4.79 Å². The summed E-state index contributed by atoms with van der Waals surface area (Å²) >= 11 is 0. The zero-order chi connectivity index (χ0) is 9.97. The van der Waals surface area contributed by atoms with Crippen molar-refractivity contribution in [3.63, 3.8) is 0 Å². The van der Waals surface area contributed by atoms with Gasteiger partial charge >= 0.3 is 0 Å². The van der Waals surface area contributed by atoms with E-state index in [1.165, 1.54) is 6.39 Å². The minimum absolute atomic E-state index is 0.343. The molecule has 70 valence electrons. The molecule has 1 aromatic heterocycles. The molecular formula is C11H9NO2. The fourth-order valence-electron chi connectivity index (χ4n) is 1.34. The SMILES string of the molecule is Cc1cccc(-c2ocnc2C=O)c1. The molecule has 1 heterocycles. The van der Waals surface area contributed by atoms with E-state index in [4.69, 9.17) is 4.42 Å². The van der Waals surface area contributed by atoms with E-state index in [0.717, 1.165) is 11.1 Å². The minimum Gasteiger partial charge on any atom is -0.443 e. The largest absolute Gasteiger partial charge is 0.443 e. The van der Waals surface area contributed by atoms with E-state index in [1.54, 1.807) is 0 Å². The summed E-state index contributed by atoms with van der Waals surface area (Å²) in [5.74, 6) is 0.531. The van der Waals surface area contributed by atoms with E-state index >= 15 is 0 Å². The van der Waals surface area contributed by atoms with Crippen LogP contribution in [0.3, 0.4) is 0 Å². The number of oxazole rings is 1. The molecule has 0 spiro atoms. The Morgan fingerprint density at radius 3 is 3.00 bits per heavy atom. The van der Waals surface area contributed by atoms with E-state index in [0.29, 0.717) is 17.7 Å². The van der Waals surface area contributed by atoms with Crippen LogP contribution in [-0.4, -0.2) is 11.3 Å². The standard InChI is InChI=1S/C11H9NO2/c1-8-3-2-4-9(5-8)11-10(6-13)12-7-14-11/h2-7H,1H3. The van der Waals surface area contributed by atoms with Gasteiger partial charge in [-0.1, -0.05) is 23.8 Å². The molecule has 0 aliphatic heterocycles. The van der Waals surface area contributed by atoms with Crippen LogP contribution in [0.4, 0.5) is 0 Å². The summed E-state index contributed by atoms with van der Waals surface area (Å²) in [5, 5.41) is 0. The molecule has 2 aromatic rings. The molecule has 0 aliphatic rings. The third kappa shape index (κ3) is 1.44. The lowest BCUT2D eigenvalue weighted by Gasteiger charge is -1.98. The molecule has 0 bridgehead atoms. The van der Waals surface area contributed by atoms with Gasteiger partial charge in [0, 0.05) is 5.56 Å². The number of aldehydes is 1. The fraction of sp³-hybridized carbons (Fsp3) is 0.0909. The maximum atomic E-state index is 10.6. The monoisotopic (exact) mass is 187 g/mol. The summed E-state index contributed by atoms with van der Waals surface area (Å²) in [6, 6.07) is 7.75. The molecule has 3 nitrogen and oxygen atoms in total. The van der Waals surface area contributed by atoms with Crippen molar-refractivity contribution in [3.05, 3.63) is 41.9 Å². The molecular weight excluding hydrogens is 178 g/mol. The number of aryl methyl sites for hydroxylation is 1. The van der Waals surface area contributed by atoms with Gasteiger partial charge in [-0.15, -0.1) is 0 Å². The van der Waals surface area contributed by atoms with Crippen LogP contribution in [0.1, 0.15) is 16.1 Å². The maximum absolute atomic E-state index is 10.6. The number of nitrogens with zero attached hydrogens (tertiary/aromatic N) is 1. The first-order valence-electron chi connectivity index (χ1n) is 4.27. The first-order chi connectivity index (χ1) is 6.81. The maximum Gasteiger partial charge on any atom is 0.182 e. The van der Waals surface area contributed by atoms with Crippen LogP contribution < -0.4 is 0 Å². The van der Waals surface area contributed by atoms with Crippen molar-refractivity contribution >= 4 is 6.29 Å². The van der Waals surface area contributed by atoms with Crippen LogP contribution in [0.15, 0.2) is 35.1 Å². The summed E-state index contributed by atoms with van der Waals surface area (Å²) in [4.78, 5) is 14.4. The van der Waals surface area contributed by atoms with Gasteiger partial charge in [0.1, 0.15) is 5.69 Å². The highest BCUT2D eigenvalue weighted by Gasteiger charge is 2.09. The summed E-state index contributed by atoms with van der Waals surface area (Å²) in [6.45, 7) is 1.99. The number of carbonyl (C=O) groups excluding carboxylic acids is 1. The Kier molecular flexibility index (Phi) is 2.14. The Bertz CT molecular complexity index is 460. The van der Waals surface area contributed by atoms with Crippen molar-refractivity contribution < 1.29 is 9.21 Å². The first kappa shape index (κ1) is 8.69. The molecule has 0 N–H and O–H groups in total. The zero-order valence-corrected chi connectivity index (χ0v) is 7.73. The fourth-order valence-corrected chi connectivity index (χ4v) is 1.34. The van der Waals surface area contributed by atoms with Gasteiger partial charge in [0.2, 0.25) is 0 Å². The summed E-state index contributed by atoms with van der Waals surface area (Å²) in [7, 11) is 0. The van der Waals surface area contributed by atoms with Gasteiger partial charge in [-0.2, -0.15) is 0 Å². The van der Waals surface area contributed by atoms with Crippen LogP contribution in [0.2, 0.25) is 0 Å². The van der Waals surface area contributed by atoms with Crippen LogP contribution in [0, 0.1) is 6.92 Å². The molecule has 14 heavy (non-hydrogen) atoms. The minimum atomic E-state index is 0.343. The Morgan fingerprint density at radius 2 is 2.29 bits per heavy atom. The second-order valence-electron chi connectivity index (χ2n) is 3.05. The van der Waals surface area contributed by atoms with E-state index in [2.05, 4.69) is 4.98 Å². The van der Waals surface area contributed by atoms with Gasteiger partial charge in [0.05, 0.1) is 0 Å². The second kappa shape index (κ2) is 3.46. The van der Waals surface area contributed by atoms with Crippen molar-refractivity contribution in [2.45, 2.75) is 6.92 Å². The average molecular weight is 187 g/mol. The first-order valence-corrected chi connectivity index (χ1v) is 4.27. The van der Waals surface area contributed by atoms with Gasteiger partial charge in [0.15, 0.2) is 18.4 Å². The van der Waals surface area contributed by atoms with Gasteiger partial charge in [0.25, 0.3) is 0 Å². The molecule has 0 atom stereocenters. The Labute approximate surface area is 81.4 Å². The smallest absolute Gasteiger partial charge is 0.182 e. The topological polar surface area (TPSA) is 43.1 Å². The van der Waals surface area contributed by atoms with Crippen molar-refractivity contribution in [3.8, 4) is 11.3 Å². The molecule has 0 amide bonds. The van der Waals surface area contributed by atoms with Gasteiger partial charge < -0.3 is 4.42 Å². The number of rotatable bonds is 2. The quantitative estimate of drug-likeness (QED) is 0.678. The van der Waals surface area contributed by atoms with Gasteiger partial charge in [-0.05, 0) is 13.0 Å². The Morgan fingerprint density at radius 1 is 1.43 bits per heavy atom. The second-order valence-corrected chi connectivity index (χ2v) is 3.05. The molecule has 2 rings (SSSR count). The lowest BCUT2D eigenvalue weighted by molar-refractivity contribution is 0.112. The molecule has 0 saturated heterocycles. The normalized spacial score (nSPS) is 10.1. The van der Waals surface area contributed by atoms with Crippen molar-refractivity contribution in [2.75, 3.05) is 0 Å². The van der Waals surface area contributed by atoms with Gasteiger partial charge in [-0.25, -0.2) is 4.98 Å². The third-order valence-electron chi connectivity index (χ3n) is 1.99. The van der Waals surface area contributed by atoms with Crippen molar-refractivity contribution in [2.24, 2.45) is 0 Å². The van der Waals surface area contributed by atoms with E-state index < -0.39 is 0 Å². The number of carbonyl (C=O) groups is 1. The molecule has 0 unspecified atom stereocenters. The van der Waals surface area contributed by atoms with Crippen LogP contribution in [0.25, 0.3) is 11.3 Å². The molecule has 0 aliphatic carbocycles.